The minimum atomic E-state index is 0.914. The quantitative estimate of drug-likeness (QED) is 0.193. The lowest BCUT2D eigenvalue weighted by atomic mass is 9.83. The van der Waals surface area contributed by atoms with E-state index in [0.717, 1.165) is 27.3 Å². The predicted molar refractivity (Wildman–Crippen MR) is 191 cm³/mol. The first kappa shape index (κ1) is 24.5. The molecule has 0 aliphatic carbocycles. The van der Waals surface area contributed by atoms with E-state index in [1.807, 2.05) is 0 Å². The van der Waals surface area contributed by atoms with Crippen molar-refractivity contribution in [2.75, 3.05) is 0 Å². The van der Waals surface area contributed by atoms with Gasteiger partial charge >= 0.3 is 0 Å². The molecular weight excluding hydrogens is 544 g/mol. The van der Waals surface area contributed by atoms with Crippen LogP contribution in [0, 0.1) is 0 Å². The Morgan fingerprint density at radius 2 is 0.933 bits per heavy atom. The molecule has 1 heteroatoms. The van der Waals surface area contributed by atoms with E-state index in [4.69, 9.17) is 4.42 Å². The summed E-state index contributed by atoms with van der Waals surface area (Å²) < 4.78 is 6.63. The smallest absolute Gasteiger partial charge is 0.143 e. The maximum Gasteiger partial charge on any atom is 0.143 e. The standard InChI is InChI=1S/C44H26O/c1-3-10-27(11-4-1)31-21-19-30-20-22-35-38(28-12-5-2-6-13-28)26-39(36-25-24-34(31)41(30)43(35)36)33-16-9-17-40-42(33)37-23-18-29-14-7-8-15-32(29)44(37)45-40/h1-26H. The van der Waals surface area contributed by atoms with Crippen LogP contribution in [-0.4, -0.2) is 0 Å². The van der Waals surface area contributed by atoms with Crippen molar-refractivity contribution in [1.82, 2.24) is 0 Å². The molecule has 0 bridgehead atoms. The molecule has 0 spiro atoms. The molecule has 0 radical (unpaired) electrons. The monoisotopic (exact) mass is 570 g/mol. The Labute approximate surface area is 259 Å². The summed E-state index contributed by atoms with van der Waals surface area (Å²) in [5.41, 5.74) is 9.24. The lowest BCUT2D eigenvalue weighted by molar-refractivity contribution is 0.673. The normalized spacial score (nSPS) is 12.0. The molecule has 45 heavy (non-hydrogen) atoms. The highest BCUT2D eigenvalue weighted by atomic mass is 16.3. The first-order chi connectivity index (χ1) is 22.3. The Morgan fingerprint density at radius 1 is 0.311 bits per heavy atom. The van der Waals surface area contributed by atoms with Gasteiger partial charge in [-0.25, -0.2) is 0 Å². The number of hydrogen-bond acceptors (Lipinski definition) is 1. The summed E-state index contributed by atoms with van der Waals surface area (Å²) in [6.07, 6.45) is 0. The third-order valence-electron chi connectivity index (χ3n) is 9.63. The Morgan fingerprint density at radius 3 is 1.76 bits per heavy atom. The Balaban J connectivity index is 1.38. The highest BCUT2D eigenvalue weighted by Gasteiger charge is 2.21. The van der Waals surface area contributed by atoms with Crippen LogP contribution >= 0.6 is 0 Å². The Bertz CT molecular complexity index is 2730. The summed E-state index contributed by atoms with van der Waals surface area (Å²) >= 11 is 0. The van der Waals surface area contributed by atoms with E-state index in [-0.39, 0.29) is 0 Å². The molecule has 1 aromatic heterocycles. The minimum absolute atomic E-state index is 0.914. The molecule has 0 unspecified atom stereocenters. The molecule has 0 N–H and O–H groups in total. The predicted octanol–water partition coefficient (Wildman–Crippen LogP) is 12.6. The molecule has 10 rings (SSSR count). The van der Waals surface area contributed by atoms with Crippen LogP contribution in [-0.2, 0) is 0 Å². The van der Waals surface area contributed by atoms with Gasteiger partial charge in [-0.1, -0.05) is 140 Å². The van der Waals surface area contributed by atoms with Crippen LogP contribution in [0.25, 0.3) is 98.4 Å². The zero-order valence-corrected chi connectivity index (χ0v) is 24.4. The summed E-state index contributed by atoms with van der Waals surface area (Å²) in [6.45, 7) is 0. The number of fused-ring (bicyclic) bond motifs is 5. The van der Waals surface area contributed by atoms with Gasteiger partial charge in [-0.2, -0.15) is 0 Å². The topological polar surface area (TPSA) is 13.1 Å². The molecule has 9 aromatic carbocycles. The van der Waals surface area contributed by atoms with Crippen LogP contribution in [0.1, 0.15) is 0 Å². The van der Waals surface area contributed by atoms with Gasteiger partial charge in [0, 0.05) is 16.2 Å². The fourth-order valence-corrected chi connectivity index (χ4v) is 7.62. The van der Waals surface area contributed by atoms with E-state index in [9.17, 15) is 0 Å². The van der Waals surface area contributed by atoms with Crippen LogP contribution < -0.4 is 0 Å². The van der Waals surface area contributed by atoms with Gasteiger partial charge in [-0.3, -0.25) is 0 Å². The van der Waals surface area contributed by atoms with Gasteiger partial charge in [-0.05, 0) is 89.3 Å². The van der Waals surface area contributed by atoms with Crippen molar-refractivity contribution in [1.29, 1.82) is 0 Å². The van der Waals surface area contributed by atoms with Crippen LogP contribution in [0.5, 0.6) is 0 Å². The lowest BCUT2D eigenvalue weighted by Crippen LogP contribution is -1.92. The summed E-state index contributed by atoms with van der Waals surface area (Å²) in [5.74, 6) is 0. The van der Waals surface area contributed by atoms with Crippen molar-refractivity contribution in [3.05, 3.63) is 158 Å². The highest BCUT2D eigenvalue weighted by molar-refractivity contribution is 6.31. The van der Waals surface area contributed by atoms with Crippen molar-refractivity contribution < 1.29 is 4.42 Å². The molecule has 0 aliphatic heterocycles. The van der Waals surface area contributed by atoms with E-state index in [0.29, 0.717) is 0 Å². The van der Waals surface area contributed by atoms with Crippen molar-refractivity contribution >= 4 is 65.0 Å². The molecule has 10 aromatic rings. The second-order valence-electron chi connectivity index (χ2n) is 12.0. The van der Waals surface area contributed by atoms with Gasteiger partial charge in [0.2, 0.25) is 0 Å². The molecule has 0 amide bonds. The molecule has 0 saturated carbocycles. The van der Waals surface area contributed by atoms with Crippen molar-refractivity contribution in [2.24, 2.45) is 0 Å². The maximum absolute atomic E-state index is 6.63. The van der Waals surface area contributed by atoms with E-state index in [1.54, 1.807) is 0 Å². The SMILES string of the molecule is c1ccc(-c2ccc3ccc4c(-c5ccccc5)cc(-c5cccc6oc7c8ccccc8ccc7c56)c5ccc2c3c45)cc1. The summed E-state index contributed by atoms with van der Waals surface area (Å²) in [6, 6.07) is 57.3. The van der Waals surface area contributed by atoms with Crippen molar-refractivity contribution in [2.45, 2.75) is 0 Å². The van der Waals surface area contributed by atoms with E-state index < -0.39 is 0 Å². The van der Waals surface area contributed by atoms with Gasteiger partial charge < -0.3 is 4.42 Å². The fourth-order valence-electron chi connectivity index (χ4n) is 7.62. The summed E-state index contributed by atoms with van der Waals surface area (Å²) in [5, 5.41) is 12.4. The van der Waals surface area contributed by atoms with E-state index in [1.165, 1.54) is 71.1 Å². The van der Waals surface area contributed by atoms with Gasteiger partial charge in [-0.15, -0.1) is 0 Å². The van der Waals surface area contributed by atoms with E-state index in [2.05, 4.69) is 158 Å². The fraction of sp³-hybridized carbons (Fsp3) is 0. The first-order valence-electron chi connectivity index (χ1n) is 15.5. The molecular formula is C44H26O. The van der Waals surface area contributed by atoms with Crippen molar-refractivity contribution in [3.63, 3.8) is 0 Å². The van der Waals surface area contributed by atoms with E-state index >= 15 is 0 Å². The zero-order valence-electron chi connectivity index (χ0n) is 24.4. The van der Waals surface area contributed by atoms with Crippen LogP contribution in [0.4, 0.5) is 0 Å². The number of furan rings is 1. The highest BCUT2D eigenvalue weighted by Crippen LogP contribution is 2.48. The molecule has 0 fully saturated rings. The maximum atomic E-state index is 6.63. The second-order valence-corrected chi connectivity index (χ2v) is 12.0. The molecule has 0 atom stereocenters. The lowest BCUT2D eigenvalue weighted by Gasteiger charge is -2.20. The second kappa shape index (κ2) is 9.29. The zero-order chi connectivity index (χ0) is 29.5. The van der Waals surface area contributed by atoms with Gasteiger partial charge in [0.1, 0.15) is 11.2 Å². The van der Waals surface area contributed by atoms with Gasteiger partial charge in [0.15, 0.2) is 0 Å². The van der Waals surface area contributed by atoms with Crippen LogP contribution in [0.2, 0.25) is 0 Å². The summed E-state index contributed by atoms with van der Waals surface area (Å²) in [7, 11) is 0. The number of hydrogen-bond donors (Lipinski definition) is 0. The molecule has 0 saturated heterocycles. The van der Waals surface area contributed by atoms with Gasteiger partial charge in [0.25, 0.3) is 0 Å². The molecule has 1 heterocycles. The molecule has 0 aliphatic rings. The largest absolute Gasteiger partial charge is 0.455 e. The Kier molecular flexibility index (Phi) is 5.06. The molecule has 1 nitrogen and oxygen atoms in total. The first-order valence-corrected chi connectivity index (χ1v) is 15.5. The third-order valence-corrected chi connectivity index (χ3v) is 9.63. The minimum Gasteiger partial charge on any atom is -0.455 e. The van der Waals surface area contributed by atoms with Crippen LogP contribution in [0.3, 0.4) is 0 Å². The average molecular weight is 571 g/mol. The van der Waals surface area contributed by atoms with Gasteiger partial charge in [0.05, 0.1) is 0 Å². The Hall–Kier alpha value is -5.92. The molecule has 208 valence electrons. The summed E-state index contributed by atoms with van der Waals surface area (Å²) in [4.78, 5) is 0. The average Bonchev–Trinajstić information content (AvgIpc) is 3.51. The van der Waals surface area contributed by atoms with Crippen molar-refractivity contribution in [3.8, 4) is 33.4 Å². The number of benzene rings is 9. The number of rotatable bonds is 3. The van der Waals surface area contributed by atoms with Crippen LogP contribution in [0.15, 0.2) is 162 Å². The third kappa shape index (κ3) is 3.50.